The van der Waals surface area contributed by atoms with Crippen molar-refractivity contribution in [1.29, 1.82) is 0 Å². The topological polar surface area (TPSA) is 43.1 Å². The molecule has 0 amide bonds. The molecule has 1 aromatic carbocycles. The zero-order chi connectivity index (χ0) is 14.3. The molecule has 0 N–H and O–H groups in total. The van der Waals surface area contributed by atoms with Crippen molar-refractivity contribution in [1.82, 2.24) is 19.6 Å². The zero-order valence-corrected chi connectivity index (χ0v) is 12.3. The molecule has 102 valence electrons. The molecule has 20 heavy (non-hydrogen) atoms. The number of rotatable bonds is 2. The summed E-state index contributed by atoms with van der Waals surface area (Å²) >= 11 is 0. The first-order chi connectivity index (χ1) is 9.56. The van der Waals surface area contributed by atoms with Crippen LogP contribution in [0.25, 0.3) is 5.78 Å². The predicted molar refractivity (Wildman–Crippen MR) is 79.0 cm³/mol. The Kier molecular flexibility index (Phi) is 3.01. The number of hydrogen-bond acceptors (Lipinski definition) is 3. The lowest BCUT2D eigenvalue weighted by Crippen LogP contribution is -2.07. The fourth-order valence-electron chi connectivity index (χ4n) is 2.59. The summed E-state index contributed by atoms with van der Waals surface area (Å²) < 4.78 is 1.81. The molecule has 0 fully saturated rings. The third-order valence-electron chi connectivity index (χ3n) is 3.86. The van der Waals surface area contributed by atoms with E-state index in [1.807, 2.05) is 11.4 Å². The summed E-state index contributed by atoms with van der Waals surface area (Å²) in [6.07, 6.45) is 2.43. The summed E-state index contributed by atoms with van der Waals surface area (Å²) in [5.74, 6) is 0.671. The van der Waals surface area contributed by atoms with Gasteiger partial charge in [0, 0.05) is 17.8 Å². The van der Waals surface area contributed by atoms with Gasteiger partial charge in [-0.3, -0.25) is 0 Å². The molecule has 0 saturated heterocycles. The van der Waals surface area contributed by atoms with Crippen molar-refractivity contribution < 1.29 is 0 Å². The quantitative estimate of drug-likeness (QED) is 0.716. The van der Waals surface area contributed by atoms with Crippen molar-refractivity contribution in [3.8, 4) is 0 Å². The van der Waals surface area contributed by atoms with Crippen LogP contribution in [0.3, 0.4) is 0 Å². The number of fused-ring (bicyclic) bond motifs is 1. The summed E-state index contributed by atoms with van der Waals surface area (Å²) in [5, 5.41) is 4.24. The molecule has 0 unspecified atom stereocenters. The van der Waals surface area contributed by atoms with Crippen LogP contribution in [-0.2, 0) is 6.42 Å². The van der Waals surface area contributed by atoms with Gasteiger partial charge < -0.3 is 0 Å². The van der Waals surface area contributed by atoms with E-state index in [1.54, 1.807) is 6.33 Å². The second kappa shape index (κ2) is 4.71. The van der Waals surface area contributed by atoms with Crippen molar-refractivity contribution in [2.45, 2.75) is 34.1 Å². The van der Waals surface area contributed by atoms with E-state index in [2.05, 4.69) is 54.0 Å². The molecule has 4 heteroatoms. The molecule has 0 atom stereocenters. The van der Waals surface area contributed by atoms with Gasteiger partial charge in [-0.25, -0.2) is 9.50 Å². The van der Waals surface area contributed by atoms with Crippen LogP contribution in [0.2, 0.25) is 0 Å². The van der Waals surface area contributed by atoms with Crippen molar-refractivity contribution in [3.05, 3.63) is 58.2 Å². The summed E-state index contributed by atoms with van der Waals surface area (Å²) in [6, 6.07) is 6.58. The number of aromatic nitrogens is 4. The third kappa shape index (κ3) is 2.07. The molecule has 0 saturated carbocycles. The number of nitrogens with zero attached hydrogens (tertiary/aromatic N) is 4. The van der Waals surface area contributed by atoms with Crippen LogP contribution in [0, 0.1) is 27.7 Å². The minimum atomic E-state index is 0.671. The molecular weight excluding hydrogens is 248 g/mol. The normalized spacial score (nSPS) is 11.2. The molecule has 0 radical (unpaired) electrons. The van der Waals surface area contributed by atoms with Crippen LogP contribution in [0.5, 0.6) is 0 Å². The van der Waals surface area contributed by atoms with Crippen molar-refractivity contribution >= 4 is 5.78 Å². The van der Waals surface area contributed by atoms with E-state index in [1.165, 1.54) is 22.3 Å². The van der Waals surface area contributed by atoms with Crippen LogP contribution < -0.4 is 0 Å². The van der Waals surface area contributed by atoms with E-state index < -0.39 is 0 Å². The van der Waals surface area contributed by atoms with Crippen LogP contribution in [0.15, 0.2) is 24.5 Å². The van der Waals surface area contributed by atoms with Crippen LogP contribution >= 0.6 is 0 Å². The second-order valence-electron chi connectivity index (χ2n) is 5.34. The summed E-state index contributed by atoms with van der Waals surface area (Å²) in [5.41, 5.74) is 7.33. The highest BCUT2D eigenvalue weighted by Gasteiger charge is 2.12. The number of hydrogen-bond donors (Lipinski definition) is 0. The summed E-state index contributed by atoms with van der Waals surface area (Å²) in [6.45, 7) is 8.40. The summed E-state index contributed by atoms with van der Waals surface area (Å²) in [7, 11) is 0. The van der Waals surface area contributed by atoms with Crippen molar-refractivity contribution in [2.75, 3.05) is 0 Å². The molecule has 0 aliphatic rings. The van der Waals surface area contributed by atoms with Gasteiger partial charge in [-0.15, -0.1) is 0 Å². The number of benzene rings is 1. The van der Waals surface area contributed by atoms with E-state index in [9.17, 15) is 0 Å². The lowest BCUT2D eigenvalue weighted by atomic mass is 9.97. The Morgan fingerprint density at radius 2 is 1.90 bits per heavy atom. The van der Waals surface area contributed by atoms with Crippen molar-refractivity contribution in [3.63, 3.8) is 0 Å². The van der Waals surface area contributed by atoms with E-state index in [-0.39, 0.29) is 0 Å². The third-order valence-corrected chi connectivity index (χ3v) is 3.86. The molecule has 0 aliphatic carbocycles. The van der Waals surface area contributed by atoms with Crippen LogP contribution in [0.1, 0.15) is 33.6 Å². The Morgan fingerprint density at radius 1 is 1.10 bits per heavy atom. The Morgan fingerprint density at radius 3 is 2.70 bits per heavy atom. The van der Waals surface area contributed by atoms with Gasteiger partial charge in [0.25, 0.3) is 5.78 Å². The molecule has 0 bridgehead atoms. The first kappa shape index (κ1) is 12.8. The Balaban J connectivity index is 2.12. The van der Waals surface area contributed by atoms with E-state index in [0.717, 1.165) is 17.8 Å². The Labute approximate surface area is 118 Å². The molecule has 3 rings (SSSR count). The van der Waals surface area contributed by atoms with E-state index >= 15 is 0 Å². The zero-order valence-electron chi connectivity index (χ0n) is 12.3. The Hall–Kier alpha value is -2.23. The van der Waals surface area contributed by atoms with Gasteiger partial charge >= 0.3 is 0 Å². The highest BCUT2D eigenvalue weighted by atomic mass is 15.3. The number of aryl methyl sites for hydroxylation is 4. The first-order valence-electron chi connectivity index (χ1n) is 6.78. The maximum atomic E-state index is 4.53. The molecule has 0 spiro atoms. The molecule has 2 aromatic heterocycles. The lowest BCUT2D eigenvalue weighted by Gasteiger charge is -2.12. The lowest BCUT2D eigenvalue weighted by molar-refractivity contribution is 0.854. The standard InChI is InChI=1S/C16H18N4/c1-10-5-6-11(2)14(7-10)8-15-12(3)19-16-17-9-18-20(16)13(15)4/h5-7,9H,8H2,1-4H3. The largest absolute Gasteiger partial charge is 0.252 e. The maximum absolute atomic E-state index is 4.53. The predicted octanol–water partition coefficient (Wildman–Crippen LogP) is 2.95. The maximum Gasteiger partial charge on any atom is 0.252 e. The van der Waals surface area contributed by atoms with Gasteiger partial charge in [0.2, 0.25) is 0 Å². The Bertz CT molecular complexity index is 787. The SMILES string of the molecule is Cc1ccc(C)c(Cc2c(C)nc3ncnn3c2C)c1. The van der Waals surface area contributed by atoms with Crippen LogP contribution in [0.4, 0.5) is 0 Å². The average molecular weight is 266 g/mol. The summed E-state index contributed by atoms with van der Waals surface area (Å²) in [4.78, 5) is 8.69. The fourth-order valence-corrected chi connectivity index (χ4v) is 2.59. The highest BCUT2D eigenvalue weighted by molar-refractivity contribution is 5.41. The minimum absolute atomic E-state index is 0.671. The molecule has 2 heterocycles. The molecule has 4 nitrogen and oxygen atoms in total. The van der Waals surface area contributed by atoms with Gasteiger partial charge in [-0.2, -0.15) is 10.1 Å². The van der Waals surface area contributed by atoms with E-state index in [4.69, 9.17) is 0 Å². The minimum Gasteiger partial charge on any atom is -0.216 e. The first-order valence-corrected chi connectivity index (χ1v) is 6.78. The molecular formula is C16H18N4. The van der Waals surface area contributed by atoms with Gasteiger partial charge in [0.05, 0.1) is 0 Å². The monoisotopic (exact) mass is 266 g/mol. The molecule has 0 aliphatic heterocycles. The second-order valence-corrected chi connectivity index (χ2v) is 5.34. The van der Waals surface area contributed by atoms with Gasteiger partial charge in [-0.1, -0.05) is 23.8 Å². The fraction of sp³-hybridized carbons (Fsp3) is 0.312. The molecule has 3 aromatic rings. The van der Waals surface area contributed by atoms with Crippen LogP contribution in [-0.4, -0.2) is 19.6 Å². The van der Waals surface area contributed by atoms with Gasteiger partial charge in [0.15, 0.2) is 0 Å². The van der Waals surface area contributed by atoms with Gasteiger partial charge in [0.1, 0.15) is 6.33 Å². The smallest absolute Gasteiger partial charge is 0.216 e. The van der Waals surface area contributed by atoms with Gasteiger partial charge in [-0.05, 0) is 44.4 Å². The highest BCUT2D eigenvalue weighted by Crippen LogP contribution is 2.20. The average Bonchev–Trinajstić information content (AvgIpc) is 2.86. The van der Waals surface area contributed by atoms with E-state index in [0.29, 0.717) is 5.78 Å². The van der Waals surface area contributed by atoms with Crippen molar-refractivity contribution in [2.24, 2.45) is 0 Å².